The van der Waals surface area contributed by atoms with Crippen LogP contribution in [-0.4, -0.2) is 52.9 Å². The second-order valence-corrected chi connectivity index (χ2v) is 7.91. The first-order valence-corrected chi connectivity index (χ1v) is 10.0. The first-order valence-electron chi connectivity index (χ1n) is 10.0. The minimum Gasteiger partial charge on any atom is -0.341 e. The Labute approximate surface area is 167 Å². The van der Waals surface area contributed by atoms with E-state index in [1.54, 1.807) is 11.9 Å². The number of benzene rings is 1. The lowest BCUT2D eigenvalue weighted by Gasteiger charge is -2.42. The molecule has 29 heavy (non-hydrogen) atoms. The molecule has 9 heteroatoms. The van der Waals surface area contributed by atoms with Crippen molar-refractivity contribution in [1.82, 2.24) is 9.80 Å². The summed E-state index contributed by atoms with van der Waals surface area (Å²) in [6, 6.07) is 3.26. The second-order valence-electron chi connectivity index (χ2n) is 7.91. The maximum absolute atomic E-state index is 13.2. The van der Waals surface area contributed by atoms with Crippen LogP contribution in [0.1, 0.15) is 49.7 Å². The van der Waals surface area contributed by atoms with Crippen LogP contribution < -0.4 is 0 Å². The van der Waals surface area contributed by atoms with Crippen LogP contribution >= 0.6 is 0 Å². The fourth-order valence-electron chi connectivity index (χ4n) is 4.69. The molecule has 0 N–H and O–H groups in total. The number of para-hydroxylation sites is 1. The van der Waals surface area contributed by atoms with Crippen LogP contribution in [0.2, 0.25) is 0 Å². The van der Waals surface area contributed by atoms with E-state index in [9.17, 15) is 28.1 Å². The number of amides is 1. The lowest BCUT2D eigenvalue weighted by molar-refractivity contribution is -0.388. The summed E-state index contributed by atoms with van der Waals surface area (Å²) in [6.45, 7) is 2.00. The van der Waals surface area contributed by atoms with E-state index >= 15 is 0 Å². The standard InChI is InChI=1S/C20H26F3N3O3/c1-24(16-9-2-3-10-17(16)25-11-4-5-12-25)18(27)13-14-7-6-8-15(20(21,22)23)19(14)26(28)29/h6-8,16-17H,2-5,9-13H2,1H3. The molecule has 1 aliphatic heterocycles. The van der Waals surface area contributed by atoms with Gasteiger partial charge in [-0.15, -0.1) is 0 Å². The largest absolute Gasteiger partial charge is 0.423 e. The third kappa shape index (κ3) is 4.71. The molecule has 1 saturated carbocycles. The van der Waals surface area contributed by atoms with Crippen molar-refractivity contribution in [3.8, 4) is 0 Å². The molecule has 2 fully saturated rings. The van der Waals surface area contributed by atoms with E-state index in [1.807, 2.05) is 0 Å². The normalized spacial score (nSPS) is 23.2. The van der Waals surface area contributed by atoms with E-state index < -0.39 is 28.8 Å². The number of hydrogen-bond acceptors (Lipinski definition) is 4. The molecule has 1 saturated heterocycles. The highest BCUT2D eigenvalue weighted by Crippen LogP contribution is 2.38. The van der Waals surface area contributed by atoms with E-state index in [1.165, 1.54) is 6.07 Å². The van der Waals surface area contributed by atoms with Crippen LogP contribution in [0.4, 0.5) is 18.9 Å². The molecule has 1 heterocycles. The van der Waals surface area contributed by atoms with Crippen molar-refractivity contribution in [2.24, 2.45) is 0 Å². The van der Waals surface area contributed by atoms with Crippen molar-refractivity contribution in [3.63, 3.8) is 0 Å². The smallest absolute Gasteiger partial charge is 0.341 e. The van der Waals surface area contributed by atoms with Gasteiger partial charge in [-0.25, -0.2) is 0 Å². The zero-order chi connectivity index (χ0) is 21.2. The predicted octanol–water partition coefficient (Wildman–Crippen LogP) is 4.02. The van der Waals surface area contributed by atoms with Crippen molar-refractivity contribution in [2.75, 3.05) is 20.1 Å². The van der Waals surface area contributed by atoms with E-state index in [0.717, 1.165) is 57.7 Å². The summed E-state index contributed by atoms with van der Waals surface area (Å²) in [4.78, 5) is 27.2. The quantitative estimate of drug-likeness (QED) is 0.540. The van der Waals surface area contributed by atoms with Gasteiger partial charge in [0, 0.05) is 24.7 Å². The summed E-state index contributed by atoms with van der Waals surface area (Å²) in [6.07, 6.45) is 0.932. The highest BCUT2D eigenvalue weighted by molar-refractivity contribution is 5.80. The van der Waals surface area contributed by atoms with Gasteiger partial charge in [0.15, 0.2) is 0 Å². The van der Waals surface area contributed by atoms with Crippen LogP contribution in [-0.2, 0) is 17.4 Å². The second kappa shape index (κ2) is 8.69. The lowest BCUT2D eigenvalue weighted by atomic mass is 9.88. The van der Waals surface area contributed by atoms with Crippen molar-refractivity contribution in [1.29, 1.82) is 0 Å². The molecule has 0 spiro atoms. The Morgan fingerprint density at radius 3 is 2.48 bits per heavy atom. The van der Waals surface area contributed by atoms with Crippen molar-refractivity contribution in [2.45, 2.75) is 63.2 Å². The molecule has 1 amide bonds. The monoisotopic (exact) mass is 413 g/mol. The van der Waals surface area contributed by atoms with Gasteiger partial charge in [-0.2, -0.15) is 13.2 Å². The third-order valence-corrected chi connectivity index (χ3v) is 6.14. The number of carbonyl (C=O) groups excluding carboxylic acids is 1. The summed E-state index contributed by atoms with van der Waals surface area (Å²) in [5.74, 6) is -0.386. The number of nitro benzene ring substituents is 1. The number of hydrogen-bond donors (Lipinski definition) is 0. The van der Waals surface area contributed by atoms with Gasteiger partial charge in [0.25, 0.3) is 5.69 Å². The Bertz CT molecular complexity index is 763. The Morgan fingerprint density at radius 2 is 1.86 bits per heavy atom. The molecule has 0 aromatic heterocycles. The third-order valence-electron chi connectivity index (χ3n) is 6.14. The van der Waals surface area contributed by atoms with Crippen LogP contribution in [0.3, 0.4) is 0 Å². The van der Waals surface area contributed by atoms with E-state index in [2.05, 4.69) is 4.90 Å². The van der Waals surface area contributed by atoms with Gasteiger partial charge in [0.2, 0.25) is 5.91 Å². The molecule has 1 aromatic carbocycles. The van der Waals surface area contributed by atoms with Crippen molar-refractivity contribution < 1.29 is 22.9 Å². The summed E-state index contributed by atoms with van der Waals surface area (Å²) in [7, 11) is 1.67. The molecular formula is C20H26F3N3O3. The Balaban J connectivity index is 1.81. The molecule has 2 unspecified atom stereocenters. The number of likely N-dealkylation sites (N-methyl/N-ethyl adjacent to an activating group) is 1. The van der Waals surface area contributed by atoms with Gasteiger partial charge >= 0.3 is 6.18 Å². The molecule has 0 radical (unpaired) electrons. The Kier molecular flexibility index (Phi) is 6.45. The van der Waals surface area contributed by atoms with Crippen LogP contribution in [0.15, 0.2) is 18.2 Å². The average Bonchev–Trinajstić information content (AvgIpc) is 3.21. The Hall–Kier alpha value is -2.16. The fourth-order valence-corrected chi connectivity index (χ4v) is 4.69. The fraction of sp³-hybridized carbons (Fsp3) is 0.650. The summed E-state index contributed by atoms with van der Waals surface area (Å²) in [5.41, 5.74) is -2.54. The van der Waals surface area contributed by atoms with Crippen LogP contribution in [0, 0.1) is 10.1 Å². The molecule has 1 aromatic rings. The number of likely N-dealkylation sites (tertiary alicyclic amines) is 1. The Morgan fingerprint density at radius 1 is 1.21 bits per heavy atom. The molecule has 3 rings (SSSR count). The highest BCUT2D eigenvalue weighted by atomic mass is 19.4. The molecule has 2 aliphatic rings. The summed E-state index contributed by atoms with van der Waals surface area (Å²) >= 11 is 0. The number of rotatable bonds is 5. The topological polar surface area (TPSA) is 66.7 Å². The van der Waals surface area contributed by atoms with Gasteiger partial charge < -0.3 is 4.90 Å². The molecule has 160 valence electrons. The molecule has 2 atom stereocenters. The molecule has 6 nitrogen and oxygen atoms in total. The summed E-state index contributed by atoms with van der Waals surface area (Å²) < 4.78 is 39.6. The zero-order valence-electron chi connectivity index (χ0n) is 16.5. The number of nitro groups is 1. The van der Waals surface area contributed by atoms with E-state index in [4.69, 9.17) is 0 Å². The van der Waals surface area contributed by atoms with Crippen LogP contribution in [0.25, 0.3) is 0 Å². The van der Waals surface area contributed by atoms with Crippen molar-refractivity contribution >= 4 is 11.6 Å². The minimum atomic E-state index is -4.85. The highest BCUT2D eigenvalue weighted by Gasteiger charge is 2.40. The minimum absolute atomic E-state index is 0.0146. The van der Waals surface area contributed by atoms with Gasteiger partial charge in [-0.3, -0.25) is 19.8 Å². The summed E-state index contributed by atoms with van der Waals surface area (Å²) in [5, 5.41) is 11.3. The van der Waals surface area contributed by atoms with Gasteiger partial charge in [0.1, 0.15) is 5.56 Å². The van der Waals surface area contributed by atoms with Gasteiger partial charge in [-0.1, -0.05) is 25.0 Å². The SMILES string of the molecule is CN(C(=O)Cc1cccc(C(F)(F)F)c1[N+](=O)[O-])C1CCCCC1N1CCCC1. The van der Waals surface area contributed by atoms with Gasteiger partial charge in [0.05, 0.1) is 11.3 Å². The maximum atomic E-state index is 13.2. The van der Waals surface area contributed by atoms with E-state index in [0.29, 0.717) is 6.07 Å². The predicted molar refractivity (Wildman–Crippen MR) is 101 cm³/mol. The molecule has 0 bridgehead atoms. The van der Waals surface area contributed by atoms with Crippen LogP contribution in [0.5, 0.6) is 0 Å². The lowest BCUT2D eigenvalue weighted by Crippen LogP contribution is -2.53. The first-order chi connectivity index (χ1) is 13.7. The maximum Gasteiger partial charge on any atom is 0.423 e. The zero-order valence-corrected chi connectivity index (χ0v) is 16.5. The van der Waals surface area contributed by atoms with Gasteiger partial charge in [-0.05, 0) is 44.8 Å². The number of alkyl halides is 3. The molecule has 1 aliphatic carbocycles. The average molecular weight is 413 g/mol. The number of halogens is 3. The number of carbonyl (C=O) groups is 1. The first kappa shape index (κ1) is 21.5. The van der Waals surface area contributed by atoms with Crippen molar-refractivity contribution in [3.05, 3.63) is 39.4 Å². The van der Waals surface area contributed by atoms with E-state index in [-0.39, 0.29) is 23.6 Å². The number of nitrogens with zero attached hydrogens (tertiary/aromatic N) is 3. The molecular weight excluding hydrogens is 387 g/mol.